The second-order valence-electron chi connectivity index (χ2n) is 5.84. The van der Waals surface area contributed by atoms with Crippen molar-refractivity contribution >= 4 is 5.95 Å². The van der Waals surface area contributed by atoms with Gasteiger partial charge in [-0.15, -0.1) is 5.10 Å². The van der Waals surface area contributed by atoms with Gasteiger partial charge in [-0.05, 0) is 24.8 Å². The van der Waals surface area contributed by atoms with Gasteiger partial charge in [0.2, 0.25) is 5.95 Å². The summed E-state index contributed by atoms with van der Waals surface area (Å²) < 4.78 is 28.7. The molecule has 0 aliphatic carbocycles. The molecule has 1 fully saturated rings. The van der Waals surface area contributed by atoms with E-state index in [0.717, 1.165) is 25.9 Å². The van der Waals surface area contributed by atoms with Gasteiger partial charge >= 0.3 is 0 Å². The predicted molar refractivity (Wildman–Crippen MR) is 75.5 cm³/mol. The number of alkyl halides is 2. The SMILES string of the molecule is CC1(CN)CCCN(c2n[nH]c(CCOCC(F)F)n2)C1. The van der Waals surface area contributed by atoms with E-state index in [1.54, 1.807) is 0 Å². The Labute approximate surface area is 123 Å². The van der Waals surface area contributed by atoms with E-state index >= 15 is 0 Å². The Bertz CT molecular complexity index is 442. The Morgan fingerprint density at radius 1 is 1.52 bits per heavy atom. The van der Waals surface area contributed by atoms with E-state index in [0.29, 0.717) is 24.7 Å². The van der Waals surface area contributed by atoms with Crippen LogP contribution < -0.4 is 10.6 Å². The maximum absolute atomic E-state index is 11.9. The van der Waals surface area contributed by atoms with Gasteiger partial charge in [-0.3, -0.25) is 5.10 Å². The number of rotatable bonds is 7. The number of ether oxygens (including phenoxy) is 1. The molecule has 1 atom stereocenters. The lowest BCUT2D eigenvalue weighted by Crippen LogP contribution is -2.46. The third-order valence-electron chi connectivity index (χ3n) is 3.80. The smallest absolute Gasteiger partial charge is 0.261 e. The number of nitrogens with zero attached hydrogens (tertiary/aromatic N) is 3. The van der Waals surface area contributed by atoms with E-state index in [9.17, 15) is 8.78 Å². The lowest BCUT2D eigenvalue weighted by molar-refractivity contribution is 0.0183. The van der Waals surface area contributed by atoms with Gasteiger partial charge in [-0.1, -0.05) is 6.92 Å². The highest BCUT2D eigenvalue weighted by molar-refractivity contribution is 5.30. The molecule has 0 radical (unpaired) electrons. The number of hydrogen-bond donors (Lipinski definition) is 2. The quantitative estimate of drug-likeness (QED) is 0.740. The average Bonchev–Trinajstić information content (AvgIpc) is 2.92. The zero-order chi connectivity index (χ0) is 15.3. The van der Waals surface area contributed by atoms with Gasteiger partial charge in [0.25, 0.3) is 6.43 Å². The standard InChI is InChI=1S/C13H23F2N5O/c1-13(8-16)4-2-5-20(9-13)12-17-11(18-19-12)3-6-21-7-10(14)15/h10H,2-9,16H2,1H3,(H,17,18,19). The molecule has 2 rings (SSSR count). The number of aromatic amines is 1. The molecule has 6 nitrogen and oxygen atoms in total. The molecule has 3 N–H and O–H groups in total. The molecule has 2 heterocycles. The first kappa shape index (κ1) is 16.1. The summed E-state index contributed by atoms with van der Waals surface area (Å²) in [6.07, 6.45) is 0.188. The summed E-state index contributed by atoms with van der Waals surface area (Å²) in [7, 11) is 0. The van der Waals surface area contributed by atoms with E-state index in [1.165, 1.54) is 0 Å². The van der Waals surface area contributed by atoms with Gasteiger partial charge in [0, 0.05) is 19.5 Å². The van der Waals surface area contributed by atoms with Crippen molar-refractivity contribution in [2.24, 2.45) is 11.1 Å². The van der Waals surface area contributed by atoms with Crippen LogP contribution in [0, 0.1) is 5.41 Å². The summed E-state index contributed by atoms with van der Waals surface area (Å²) in [4.78, 5) is 6.52. The van der Waals surface area contributed by atoms with Crippen molar-refractivity contribution in [3.05, 3.63) is 5.82 Å². The second kappa shape index (κ2) is 7.13. The van der Waals surface area contributed by atoms with Crippen molar-refractivity contribution in [2.45, 2.75) is 32.6 Å². The van der Waals surface area contributed by atoms with Crippen LogP contribution in [-0.4, -0.2) is 54.5 Å². The lowest BCUT2D eigenvalue weighted by atomic mass is 9.82. The first-order valence-electron chi connectivity index (χ1n) is 7.24. The highest BCUT2D eigenvalue weighted by Crippen LogP contribution is 2.29. The highest BCUT2D eigenvalue weighted by Gasteiger charge is 2.31. The molecule has 0 bridgehead atoms. The summed E-state index contributed by atoms with van der Waals surface area (Å²) in [5.41, 5.74) is 5.93. The Hall–Kier alpha value is -1.28. The van der Waals surface area contributed by atoms with Crippen LogP contribution in [0.1, 0.15) is 25.6 Å². The molecule has 120 valence electrons. The van der Waals surface area contributed by atoms with Crippen molar-refractivity contribution in [1.29, 1.82) is 0 Å². The summed E-state index contributed by atoms with van der Waals surface area (Å²) >= 11 is 0. The van der Waals surface area contributed by atoms with Crippen molar-refractivity contribution in [2.75, 3.05) is 37.7 Å². The van der Waals surface area contributed by atoms with Crippen molar-refractivity contribution in [3.8, 4) is 0 Å². The monoisotopic (exact) mass is 303 g/mol. The summed E-state index contributed by atoms with van der Waals surface area (Å²) in [5, 5.41) is 7.03. The predicted octanol–water partition coefficient (Wildman–Crippen LogP) is 1.19. The number of aromatic nitrogens is 3. The summed E-state index contributed by atoms with van der Waals surface area (Å²) in [5.74, 6) is 1.30. The van der Waals surface area contributed by atoms with Crippen LogP contribution in [0.4, 0.5) is 14.7 Å². The zero-order valence-corrected chi connectivity index (χ0v) is 12.3. The van der Waals surface area contributed by atoms with E-state index in [-0.39, 0.29) is 12.0 Å². The summed E-state index contributed by atoms with van der Waals surface area (Å²) in [6.45, 7) is 4.23. The fourth-order valence-electron chi connectivity index (χ4n) is 2.53. The summed E-state index contributed by atoms with van der Waals surface area (Å²) in [6, 6.07) is 0. The maximum atomic E-state index is 11.9. The molecule has 0 amide bonds. The van der Waals surface area contributed by atoms with E-state index in [1.807, 2.05) is 0 Å². The lowest BCUT2D eigenvalue weighted by Gasteiger charge is -2.39. The fourth-order valence-corrected chi connectivity index (χ4v) is 2.53. The van der Waals surface area contributed by atoms with Gasteiger partial charge in [0.05, 0.1) is 6.61 Å². The minimum absolute atomic E-state index is 0.0966. The topological polar surface area (TPSA) is 80.1 Å². The number of nitrogens with one attached hydrogen (secondary N) is 1. The average molecular weight is 303 g/mol. The fraction of sp³-hybridized carbons (Fsp3) is 0.846. The number of halogens is 2. The van der Waals surface area contributed by atoms with Crippen LogP contribution in [0.2, 0.25) is 0 Å². The Morgan fingerprint density at radius 3 is 3.05 bits per heavy atom. The first-order chi connectivity index (χ1) is 10.0. The molecule has 0 saturated carbocycles. The number of anilines is 1. The molecule has 1 aliphatic rings. The maximum Gasteiger partial charge on any atom is 0.261 e. The molecule has 0 spiro atoms. The molecule has 0 aromatic carbocycles. The molecule has 1 unspecified atom stereocenters. The normalized spacial score (nSPS) is 23.0. The van der Waals surface area contributed by atoms with Crippen LogP contribution >= 0.6 is 0 Å². The van der Waals surface area contributed by atoms with Gasteiger partial charge in [-0.2, -0.15) is 4.98 Å². The molecule has 1 aromatic heterocycles. The number of H-pyrrole nitrogens is 1. The molecule has 1 aliphatic heterocycles. The van der Waals surface area contributed by atoms with Crippen molar-refractivity contribution in [3.63, 3.8) is 0 Å². The van der Waals surface area contributed by atoms with E-state index < -0.39 is 13.0 Å². The Balaban J connectivity index is 1.84. The zero-order valence-electron chi connectivity index (χ0n) is 12.3. The molecule has 1 aromatic rings. The van der Waals surface area contributed by atoms with Crippen LogP contribution in [-0.2, 0) is 11.2 Å². The van der Waals surface area contributed by atoms with E-state index in [4.69, 9.17) is 10.5 Å². The van der Waals surface area contributed by atoms with E-state index in [2.05, 4.69) is 27.0 Å². The first-order valence-corrected chi connectivity index (χ1v) is 7.24. The third kappa shape index (κ3) is 4.60. The van der Waals surface area contributed by atoms with Crippen molar-refractivity contribution < 1.29 is 13.5 Å². The van der Waals surface area contributed by atoms with Crippen LogP contribution in [0.25, 0.3) is 0 Å². The number of nitrogens with two attached hydrogens (primary N) is 1. The largest absolute Gasteiger partial charge is 0.375 e. The van der Waals surface area contributed by atoms with Crippen LogP contribution in [0.5, 0.6) is 0 Å². The molecular formula is C13H23F2N5O. The Morgan fingerprint density at radius 2 is 2.33 bits per heavy atom. The minimum atomic E-state index is -2.43. The number of piperidine rings is 1. The third-order valence-corrected chi connectivity index (χ3v) is 3.80. The van der Waals surface area contributed by atoms with Gasteiger partial charge in [0.15, 0.2) is 0 Å². The number of hydrogen-bond acceptors (Lipinski definition) is 5. The van der Waals surface area contributed by atoms with Crippen LogP contribution in [0.3, 0.4) is 0 Å². The van der Waals surface area contributed by atoms with Gasteiger partial charge in [0.1, 0.15) is 12.4 Å². The molecular weight excluding hydrogens is 280 g/mol. The van der Waals surface area contributed by atoms with Gasteiger partial charge < -0.3 is 15.4 Å². The Kier molecular flexibility index (Phi) is 5.46. The second-order valence-corrected chi connectivity index (χ2v) is 5.84. The van der Waals surface area contributed by atoms with Crippen LogP contribution in [0.15, 0.2) is 0 Å². The highest BCUT2D eigenvalue weighted by atomic mass is 19.3. The molecule has 8 heteroatoms. The van der Waals surface area contributed by atoms with Crippen molar-refractivity contribution in [1.82, 2.24) is 15.2 Å². The van der Waals surface area contributed by atoms with Gasteiger partial charge in [-0.25, -0.2) is 8.78 Å². The molecule has 21 heavy (non-hydrogen) atoms. The molecule has 1 saturated heterocycles. The minimum Gasteiger partial charge on any atom is -0.375 e.